The molecule has 1 atom stereocenters. The van der Waals surface area contributed by atoms with Gasteiger partial charge in [0.25, 0.3) is 0 Å². The third-order valence-corrected chi connectivity index (χ3v) is 4.24. The van der Waals surface area contributed by atoms with Gasteiger partial charge in [-0.15, -0.1) is 0 Å². The quantitative estimate of drug-likeness (QED) is 0.902. The number of ether oxygens (including phenoxy) is 2. The number of hydrogen-bond acceptors (Lipinski definition) is 4. The highest BCUT2D eigenvalue weighted by atomic mass is 16.5. The maximum atomic E-state index is 5.45. The molecule has 0 radical (unpaired) electrons. The molecule has 4 nitrogen and oxygen atoms in total. The predicted molar refractivity (Wildman–Crippen MR) is 74.8 cm³/mol. The summed E-state index contributed by atoms with van der Waals surface area (Å²) >= 11 is 0. The summed E-state index contributed by atoms with van der Waals surface area (Å²) in [6, 6.07) is 4.76. The van der Waals surface area contributed by atoms with E-state index in [2.05, 4.69) is 22.3 Å². The average Bonchev–Trinajstić information content (AvgIpc) is 2.99. The molecule has 4 heteroatoms. The Morgan fingerprint density at radius 2 is 1.79 bits per heavy atom. The van der Waals surface area contributed by atoms with Crippen LogP contribution in [0.1, 0.15) is 30.0 Å². The third-order valence-electron chi connectivity index (χ3n) is 4.24. The van der Waals surface area contributed by atoms with E-state index in [1.807, 2.05) is 0 Å². The van der Waals surface area contributed by atoms with Gasteiger partial charge in [0.05, 0.1) is 14.2 Å². The first-order valence-electron chi connectivity index (χ1n) is 7.03. The summed E-state index contributed by atoms with van der Waals surface area (Å²) in [5, 5.41) is 3.52. The van der Waals surface area contributed by atoms with Crippen LogP contribution in [-0.2, 0) is 6.54 Å². The maximum Gasteiger partial charge on any atom is 0.161 e. The van der Waals surface area contributed by atoms with E-state index in [1.165, 1.54) is 37.1 Å². The number of nitrogens with one attached hydrogen (secondary N) is 1. The number of hydrogen-bond donors (Lipinski definition) is 1. The highest BCUT2D eigenvalue weighted by molar-refractivity contribution is 5.49. The summed E-state index contributed by atoms with van der Waals surface area (Å²) < 4.78 is 10.8. The molecule has 2 aliphatic heterocycles. The van der Waals surface area contributed by atoms with Crippen LogP contribution >= 0.6 is 0 Å². The number of fused-ring (bicyclic) bond motifs is 1. The molecule has 104 valence electrons. The highest BCUT2D eigenvalue weighted by Gasteiger charge is 2.29. The lowest BCUT2D eigenvalue weighted by Gasteiger charge is -2.34. The monoisotopic (exact) mass is 262 g/mol. The van der Waals surface area contributed by atoms with Crippen molar-refractivity contribution in [1.82, 2.24) is 10.2 Å². The van der Waals surface area contributed by atoms with E-state index in [0.717, 1.165) is 24.6 Å². The van der Waals surface area contributed by atoms with Crippen molar-refractivity contribution in [1.29, 1.82) is 0 Å². The first-order valence-corrected chi connectivity index (χ1v) is 7.03. The Morgan fingerprint density at radius 3 is 2.47 bits per heavy atom. The van der Waals surface area contributed by atoms with Crippen LogP contribution in [0.5, 0.6) is 11.5 Å². The van der Waals surface area contributed by atoms with Gasteiger partial charge in [0, 0.05) is 19.1 Å². The van der Waals surface area contributed by atoms with Crippen molar-refractivity contribution >= 4 is 0 Å². The minimum Gasteiger partial charge on any atom is -0.493 e. The molecule has 2 aliphatic rings. The zero-order valence-corrected chi connectivity index (χ0v) is 11.7. The summed E-state index contributed by atoms with van der Waals surface area (Å²) in [4.78, 5) is 2.58. The fourth-order valence-corrected chi connectivity index (χ4v) is 3.23. The van der Waals surface area contributed by atoms with Crippen LogP contribution in [-0.4, -0.2) is 38.8 Å². The van der Waals surface area contributed by atoms with Gasteiger partial charge in [0.15, 0.2) is 11.5 Å². The SMILES string of the molecule is COc1cc2c(cc1OC)C(N1CCCC1)CNC2. The summed E-state index contributed by atoms with van der Waals surface area (Å²) in [5.41, 5.74) is 2.74. The Hall–Kier alpha value is -1.26. The van der Waals surface area contributed by atoms with Gasteiger partial charge < -0.3 is 14.8 Å². The molecule has 2 heterocycles. The van der Waals surface area contributed by atoms with Crippen LogP contribution in [0.4, 0.5) is 0 Å². The molecule has 0 amide bonds. The van der Waals surface area contributed by atoms with Crippen LogP contribution in [0.25, 0.3) is 0 Å². The fourth-order valence-electron chi connectivity index (χ4n) is 3.23. The predicted octanol–water partition coefficient (Wildman–Crippen LogP) is 1.94. The van der Waals surface area contributed by atoms with Gasteiger partial charge in [-0.3, -0.25) is 4.90 Å². The van der Waals surface area contributed by atoms with Crippen LogP contribution < -0.4 is 14.8 Å². The Kier molecular flexibility index (Phi) is 3.62. The zero-order chi connectivity index (χ0) is 13.2. The van der Waals surface area contributed by atoms with Gasteiger partial charge in [-0.05, 0) is 49.2 Å². The van der Waals surface area contributed by atoms with Gasteiger partial charge in [-0.25, -0.2) is 0 Å². The van der Waals surface area contributed by atoms with E-state index in [4.69, 9.17) is 9.47 Å². The van der Waals surface area contributed by atoms with E-state index in [1.54, 1.807) is 14.2 Å². The highest BCUT2D eigenvalue weighted by Crippen LogP contribution is 2.37. The average molecular weight is 262 g/mol. The minimum atomic E-state index is 0.478. The lowest BCUT2D eigenvalue weighted by molar-refractivity contribution is 0.227. The Bertz CT molecular complexity index is 456. The van der Waals surface area contributed by atoms with Crippen molar-refractivity contribution in [3.63, 3.8) is 0 Å². The molecule has 3 rings (SSSR count). The summed E-state index contributed by atoms with van der Waals surface area (Å²) in [5.74, 6) is 1.66. The smallest absolute Gasteiger partial charge is 0.161 e. The van der Waals surface area contributed by atoms with E-state index in [0.29, 0.717) is 6.04 Å². The van der Waals surface area contributed by atoms with Crippen LogP contribution in [0.3, 0.4) is 0 Å². The maximum absolute atomic E-state index is 5.45. The largest absolute Gasteiger partial charge is 0.493 e. The van der Waals surface area contributed by atoms with Crippen LogP contribution in [0.15, 0.2) is 12.1 Å². The number of likely N-dealkylation sites (tertiary alicyclic amines) is 1. The minimum absolute atomic E-state index is 0.478. The molecule has 1 aromatic carbocycles. The molecule has 1 fully saturated rings. The number of methoxy groups -OCH3 is 2. The van der Waals surface area contributed by atoms with Gasteiger partial charge >= 0.3 is 0 Å². The fraction of sp³-hybridized carbons (Fsp3) is 0.600. The van der Waals surface area contributed by atoms with Crippen molar-refractivity contribution in [2.75, 3.05) is 33.9 Å². The van der Waals surface area contributed by atoms with Crippen LogP contribution in [0, 0.1) is 0 Å². The molecule has 0 spiro atoms. The van der Waals surface area contributed by atoms with Gasteiger partial charge in [0.2, 0.25) is 0 Å². The topological polar surface area (TPSA) is 33.7 Å². The molecule has 0 saturated carbocycles. The first-order chi connectivity index (χ1) is 9.33. The van der Waals surface area contributed by atoms with E-state index in [-0.39, 0.29) is 0 Å². The number of nitrogens with zero attached hydrogens (tertiary/aromatic N) is 1. The lowest BCUT2D eigenvalue weighted by atomic mass is 9.95. The van der Waals surface area contributed by atoms with Gasteiger partial charge in [0.1, 0.15) is 0 Å². The van der Waals surface area contributed by atoms with Crippen molar-refractivity contribution < 1.29 is 9.47 Å². The molecule has 0 aromatic heterocycles. The Balaban J connectivity index is 1.98. The Morgan fingerprint density at radius 1 is 1.11 bits per heavy atom. The van der Waals surface area contributed by atoms with Crippen molar-refractivity contribution in [3.05, 3.63) is 23.3 Å². The molecule has 1 unspecified atom stereocenters. The van der Waals surface area contributed by atoms with Crippen molar-refractivity contribution in [2.24, 2.45) is 0 Å². The molecule has 19 heavy (non-hydrogen) atoms. The van der Waals surface area contributed by atoms with E-state index >= 15 is 0 Å². The molecule has 0 bridgehead atoms. The zero-order valence-electron chi connectivity index (χ0n) is 11.7. The lowest BCUT2D eigenvalue weighted by Crippen LogP contribution is -2.38. The normalized spacial score (nSPS) is 23.2. The summed E-state index contributed by atoms with van der Waals surface area (Å²) in [6.07, 6.45) is 2.64. The van der Waals surface area contributed by atoms with Gasteiger partial charge in [-0.2, -0.15) is 0 Å². The third kappa shape index (κ3) is 2.30. The standard InChI is InChI=1S/C15H22N2O2/c1-18-14-7-11-9-16-10-13(17-5-3-4-6-17)12(11)8-15(14)19-2/h7-8,13,16H,3-6,9-10H2,1-2H3. The van der Waals surface area contributed by atoms with E-state index in [9.17, 15) is 0 Å². The van der Waals surface area contributed by atoms with Crippen molar-refractivity contribution in [3.8, 4) is 11.5 Å². The molecule has 1 aromatic rings. The molecular weight excluding hydrogens is 240 g/mol. The second kappa shape index (κ2) is 5.39. The van der Waals surface area contributed by atoms with Gasteiger partial charge in [-0.1, -0.05) is 0 Å². The molecular formula is C15H22N2O2. The Labute approximate surface area is 114 Å². The second-order valence-corrected chi connectivity index (χ2v) is 5.30. The summed E-state index contributed by atoms with van der Waals surface area (Å²) in [7, 11) is 3.40. The van der Waals surface area contributed by atoms with Crippen LogP contribution in [0.2, 0.25) is 0 Å². The number of benzene rings is 1. The van der Waals surface area contributed by atoms with Crippen molar-refractivity contribution in [2.45, 2.75) is 25.4 Å². The van der Waals surface area contributed by atoms with E-state index < -0.39 is 0 Å². The second-order valence-electron chi connectivity index (χ2n) is 5.30. The first kappa shape index (κ1) is 12.8. The molecule has 1 saturated heterocycles. The number of rotatable bonds is 3. The molecule has 1 N–H and O–H groups in total. The summed E-state index contributed by atoms with van der Waals surface area (Å²) in [6.45, 7) is 4.36. The molecule has 0 aliphatic carbocycles.